The third-order valence-corrected chi connectivity index (χ3v) is 13.4. The van der Waals surface area contributed by atoms with Gasteiger partial charge in [0.2, 0.25) is 0 Å². The zero-order valence-electron chi connectivity index (χ0n) is 33.2. The van der Waals surface area contributed by atoms with E-state index in [1.165, 1.54) is 86.1 Å². The molecule has 2 heterocycles. The summed E-state index contributed by atoms with van der Waals surface area (Å²) in [7, 11) is 0. The number of hydrogen-bond donors (Lipinski definition) is 0. The molecular formula is C58H38N2S. The molecule has 0 fully saturated rings. The quantitative estimate of drug-likeness (QED) is 0.156. The molecule has 0 bridgehead atoms. The normalized spacial score (nSPS) is 11.6. The van der Waals surface area contributed by atoms with Crippen molar-refractivity contribution in [2.24, 2.45) is 0 Å². The molecule has 0 aliphatic rings. The van der Waals surface area contributed by atoms with Crippen LogP contribution in [0.25, 0.3) is 91.8 Å². The van der Waals surface area contributed by atoms with Gasteiger partial charge in [0.1, 0.15) is 0 Å². The maximum atomic E-state index is 2.43. The first-order valence-electron chi connectivity index (χ1n) is 20.8. The number of benzene rings is 10. The van der Waals surface area contributed by atoms with Crippen molar-refractivity contribution in [3.05, 3.63) is 231 Å². The van der Waals surface area contributed by atoms with Crippen LogP contribution in [0.2, 0.25) is 0 Å². The molecule has 286 valence electrons. The van der Waals surface area contributed by atoms with Gasteiger partial charge in [-0.1, -0.05) is 170 Å². The van der Waals surface area contributed by atoms with E-state index in [0.29, 0.717) is 0 Å². The highest BCUT2D eigenvalue weighted by Gasteiger charge is 2.18. The van der Waals surface area contributed by atoms with Crippen LogP contribution < -0.4 is 4.90 Å². The first-order valence-corrected chi connectivity index (χ1v) is 21.6. The number of nitrogens with zero attached hydrogens (tertiary/aromatic N) is 2. The van der Waals surface area contributed by atoms with Crippen molar-refractivity contribution in [3.63, 3.8) is 0 Å². The lowest BCUT2D eigenvalue weighted by molar-refractivity contribution is 1.19. The van der Waals surface area contributed by atoms with Crippen LogP contribution in [-0.4, -0.2) is 4.57 Å². The smallest absolute Gasteiger partial charge is 0.0619 e. The van der Waals surface area contributed by atoms with Crippen LogP contribution in [0.3, 0.4) is 0 Å². The molecule has 2 aromatic heterocycles. The van der Waals surface area contributed by atoms with E-state index in [4.69, 9.17) is 0 Å². The predicted octanol–water partition coefficient (Wildman–Crippen LogP) is 16.8. The lowest BCUT2D eigenvalue weighted by Crippen LogP contribution is -2.10. The van der Waals surface area contributed by atoms with Gasteiger partial charge in [-0.15, -0.1) is 11.3 Å². The third-order valence-electron chi connectivity index (χ3n) is 12.2. The van der Waals surface area contributed by atoms with Crippen LogP contribution >= 0.6 is 11.3 Å². The van der Waals surface area contributed by atoms with E-state index in [1.807, 2.05) is 11.3 Å². The fourth-order valence-corrected chi connectivity index (χ4v) is 10.5. The van der Waals surface area contributed by atoms with Crippen LogP contribution in [0.5, 0.6) is 0 Å². The van der Waals surface area contributed by atoms with Crippen molar-refractivity contribution in [2.75, 3.05) is 4.90 Å². The van der Waals surface area contributed by atoms with Gasteiger partial charge in [-0.3, -0.25) is 0 Å². The van der Waals surface area contributed by atoms with Crippen LogP contribution in [0, 0.1) is 0 Å². The topological polar surface area (TPSA) is 8.17 Å². The summed E-state index contributed by atoms with van der Waals surface area (Å²) in [6.45, 7) is 0. The van der Waals surface area contributed by atoms with Gasteiger partial charge >= 0.3 is 0 Å². The number of para-hydroxylation sites is 1. The molecule has 0 spiro atoms. The summed E-state index contributed by atoms with van der Waals surface area (Å²) >= 11 is 1.88. The summed E-state index contributed by atoms with van der Waals surface area (Å²) in [6.07, 6.45) is 0. The Morgan fingerprint density at radius 3 is 1.67 bits per heavy atom. The zero-order chi connectivity index (χ0) is 40.3. The molecule has 2 nitrogen and oxygen atoms in total. The van der Waals surface area contributed by atoms with Gasteiger partial charge in [0, 0.05) is 59.1 Å². The van der Waals surface area contributed by atoms with Crippen molar-refractivity contribution < 1.29 is 0 Å². The average molecular weight is 795 g/mol. The van der Waals surface area contributed by atoms with E-state index in [-0.39, 0.29) is 0 Å². The first kappa shape index (κ1) is 35.2. The molecule has 0 radical (unpaired) electrons. The highest BCUT2D eigenvalue weighted by molar-refractivity contribution is 7.26. The minimum atomic E-state index is 1.10. The molecule has 12 aromatic rings. The maximum absolute atomic E-state index is 2.43. The molecule has 3 heteroatoms. The molecule has 0 aliphatic heterocycles. The molecule has 0 saturated carbocycles. The molecule has 0 amide bonds. The van der Waals surface area contributed by atoms with Gasteiger partial charge in [-0.2, -0.15) is 0 Å². The molecule has 12 rings (SSSR count). The van der Waals surface area contributed by atoms with Crippen LogP contribution in [-0.2, 0) is 0 Å². The second kappa shape index (κ2) is 14.5. The standard InChI is InChI=1S/C58H38N2S/c1-2-12-39(13-3-1)40-24-31-45(32-25-40)59(48-16-10-15-44(38-48)50-20-11-21-54-52-19-7-9-23-56(52)61-58(50)54)46-33-26-41(27-34-46)42-28-35-47(36-29-42)60-55-22-8-6-18-51(55)53-37-30-43-14-4-5-17-49(43)57(53)60/h1-38H. The molecule has 0 saturated heterocycles. The Labute approximate surface area is 358 Å². The summed E-state index contributed by atoms with van der Waals surface area (Å²) in [5.74, 6) is 0. The lowest BCUT2D eigenvalue weighted by atomic mass is 10.0. The van der Waals surface area contributed by atoms with E-state index in [1.54, 1.807) is 0 Å². The number of fused-ring (bicyclic) bond motifs is 8. The number of rotatable bonds is 7. The fourth-order valence-electron chi connectivity index (χ4n) is 9.27. The minimum Gasteiger partial charge on any atom is -0.310 e. The van der Waals surface area contributed by atoms with Crippen molar-refractivity contribution in [1.29, 1.82) is 0 Å². The molecule has 0 N–H and O–H groups in total. The van der Waals surface area contributed by atoms with Gasteiger partial charge < -0.3 is 9.47 Å². The van der Waals surface area contributed by atoms with Crippen LogP contribution in [0.15, 0.2) is 231 Å². The molecule has 0 aliphatic carbocycles. The van der Waals surface area contributed by atoms with Crippen molar-refractivity contribution in [2.45, 2.75) is 0 Å². The van der Waals surface area contributed by atoms with Crippen LogP contribution in [0.1, 0.15) is 0 Å². The Morgan fingerprint density at radius 2 is 0.918 bits per heavy atom. The van der Waals surface area contributed by atoms with Crippen molar-refractivity contribution in [1.82, 2.24) is 4.57 Å². The summed E-state index contributed by atoms with van der Waals surface area (Å²) in [5, 5.41) is 7.68. The summed E-state index contributed by atoms with van der Waals surface area (Å²) in [5.41, 5.74) is 14.1. The third kappa shape index (κ3) is 6.01. The Morgan fingerprint density at radius 1 is 0.344 bits per heavy atom. The second-order valence-corrected chi connectivity index (χ2v) is 16.8. The number of anilines is 3. The summed E-state index contributed by atoms with van der Waals surface area (Å²) in [6, 6.07) is 84.0. The minimum absolute atomic E-state index is 1.10. The molecule has 61 heavy (non-hydrogen) atoms. The Balaban J connectivity index is 0.931. The first-order chi connectivity index (χ1) is 30.2. The van der Waals surface area contributed by atoms with E-state index in [9.17, 15) is 0 Å². The highest BCUT2D eigenvalue weighted by atomic mass is 32.1. The molecule has 10 aromatic carbocycles. The maximum Gasteiger partial charge on any atom is 0.0619 e. The Kier molecular flexibility index (Phi) is 8.39. The average Bonchev–Trinajstić information content (AvgIpc) is 3.89. The van der Waals surface area contributed by atoms with Crippen LogP contribution in [0.4, 0.5) is 17.1 Å². The van der Waals surface area contributed by atoms with Gasteiger partial charge in [-0.25, -0.2) is 0 Å². The van der Waals surface area contributed by atoms with E-state index >= 15 is 0 Å². The molecule has 0 atom stereocenters. The zero-order valence-corrected chi connectivity index (χ0v) is 34.1. The summed E-state index contributed by atoms with van der Waals surface area (Å²) < 4.78 is 5.06. The monoisotopic (exact) mass is 794 g/mol. The van der Waals surface area contributed by atoms with Crippen molar-refractivity contribution in [3.8, 4) is 39.1 Å². The highest BCUT2D eigenvalue weighted by Crippen LogP contribution is 2.43. The predicted molar refractivity (Wildman–Crippen MR) is 262 cm³/mol. The SMILES string of the molecule is c1ccc(-c2ccc(N(c3ccc(-c4ccc(-n5c6ccccc6c6ccc7ccccc7c65)cc4)cc3)c3cccc(-c4cccc5c4sc4ccccc45)c3)cc2)cc1. The van der Waals surface area contributed by atoms with E-state index in [2.05, 4.69) is 240 Å². The lowest BCUT2D eigenvalue weighted by Gasteiger charge is -2.26. The second-order valence-electron chi connectivity index (χ2n) is 15.7. The van der Waals surface area contributed by atoms with Gasteiger partial charge in [0.25, 0.3) is 0 Å². The number of hydrogen-bond acceptors (Lipinski definition) is 2. The molecule has 0 unspecified atom stereocenters. The van der Waals surface area contributed by atoms with E-state index in [0.717, 1.165) is 22.7 Å². The Bertz CT molecular complexity index is 3560. The van der Waals surface area contributed by atoms with Crippen molar-refractivity contribution >= 4 is 81.1 Å². The van der Waals surface area contributed by atoms with Gasteiger partial charge in [0.05, 0.1) is 11.0 Å². The number of thiophene rings is 1. The largest absolute Gasteiger partial charge is 0.310 e. The van der Waals surface area contributed by atoms with Gasteiger partial charge in [0.15, 0.2) is 0 Å². The Hall–Kier alpha value is -7.72. The summed E-state index contributed by atoms with van der Waals surface area (Å²) in [4.78, 5) is 2.38. The fraction of sp³-hybridized carbons (Fsp3) is 0. The van der Waals surface area contributed by atoms with Gasteiger partial charge in [-0.05, 0) is 99.4 Å². The van der Waals surface area contributed by atoms with E-state index < -0.39 is 0 Å². The molecular weight excluding hydrogens is 757 g/mol. The number of aromatic nitrogens is 1.